The fraction of sp³-hybridized carbons (Fsp3) is 0.720. The fourth-order valence-corrected chi connectivity index (χ4v) is 5.27. The molecule has 1 saturated carbocycles. The summed E-state index contributed by atoms with van der Waals surface area (Å²) >= 11 is 0. The quantitative estimate of drug-likeness (QED) is 0.543. The first-order valence-electron chi connectivity index (χ1n) is 12.7. The molecule has 2 aliphatic heterocycles. The van der Waals surface area contributed by atoms with Crippen LogP contribution in [-0.2, 0) is 11.3 Å². The third-order valence-corrected chi connectivity index (χ3v) is 7.22. The van der Waals surface area contributed by atoms with Gasteiger partial charge in [-0.3, -0.25) is 9.79 Å². The van der Waals surface area contributed by atoms with E-state index in [0.29, 0.717) is 12.5 Å². The molecule has 0 spiro atoms. The van der Waals surface area contributed by atoms with Gasteiger partial charge in [-0.2, -0.15) is 0 Å². The van der Waals surface area contributed by atoms with Crippen LogP contribution in [0.1, 0.15) is 69.8 Å². The van der Waals surface area contributed by atoms with Crippen LogP contribution in [0, 0.1) is 5.92 Å². The lowest BCUT2D eigenvalue weighted by Crippen LogP contribution is -2.45. The highest BCUT2D eigenvalue weighted by atomic mass is 16.2. The number of likely N-dealkylation sites (tertiary alicyclic amines) is 1. The van der Waals surface area contributed by atoms with Gasteiger partial charge in [-0.05, 0) is 43.7 Å². The summed E-state index contributed by atoms with van der Waals surface area (Å²) in [6.07, 6.45) is 14.0. The van der Waals surface area contributed by atoms with Gasteiger partial charge in [0.1, 0.15) is 5.82 Å². The number of rotatable bonds is 5. The van der Waals surface area contributed by atoms with Crippen LogP contribution >= 0.6 is 0 Å². The Kier molecular flexibility index (Phi) is 8.24. The normalized spacial score (nSPS) is 23.2. The fourth-order valence-electron chi connectivity index (χ4n) is 5.27. The molecule has 4 rings (SSSR count). The number of hydrogen-bond donors (Lipinski definition) is 2. The Bertz CT molecular complexity index is 750. The Morgan fingerprint density at radius 1 is 1.03 bits per heavy atom. The lowest BCUT2D eigenvalue weighted by Gasteiger charge is -2.26. The first kappa shape index (κ1) is 22.9. The van der Waals surface area contributed by atoms with Crippen LogP contribution in [-0.4, -0.2) is 61.0 Å². The maximum atomic E-state index is 12.8. The van der Waals surface area contributed by atoms with Crippen LogP contribution in [0.2, 0.25) is 0 Å². The van der Waals surface area contributed by atoms with E-state index in [9.17, 15) is 4.79 Å². The number of anilines is 1. The highest BCUT2D eigenvalue weighted by Crippen LogP contribution is 2.26. The van der Waals surface area contributed by atoms with Gasteiger partial charge >= 0.3 is 0 Å². The number of hydrogen-bond acceptors (Lipinski definition) is 4. The molecular weight excluding hydrogens is 400 g/mol. The first-order chi connectivity index (χ1) is 15.7. The molecule has 1 aromatic rings. The Labute approximate surface area is 193 Å². The summed E-state index contributed by atoms with van der Waals surface area (Å²) in [5.41, 5.74) is 1.15. The van der Waals surface area contributed by atoms with Crippen LogP contribution in [0.25, 0.3) is 0 Å². The number of pyridine rings is 1. The van der Waals surface area contributed by atoms with Gasteiger partial charge < -0.3 is 20.4 Å². The number of aliphatic imine (C=N–C) groups is 1. The first-order valence-corrected chi connectivity index (χ1v) is 12.7. The number of carbonyl (C=O) groups is 1. The smallest absolute Gasteiger partial charge is 0.225 e. The van der Waals surface area contributed by atoms with Gasteiger partial charge in [-0.1, -0.05) is 38.2 Å². The molecule has 176 valence electrons. The number of amides is 1. The number of guanidine groups is 1. The van der Waals surface area contributed by atoms with Crippen molar-refractivity contribution >= 4 is 17.7 Å². The number of aromatic nitrogens is 1. The molecule has 2 saturated heterocycles. The summed E-state index contributed by atoms with van der Waals surface area (Å²) in [6, 6.07) is 4.56. The maximum Gasteiger partial charge on any atom is 0.225 e. The van der Waals surface area contributed by atoms with Crippen LogP contribution in [0.4, 0.5) is 5.82 Å². The van der Waals surface area contributed by atoms with Crippen molar-refractivity contribution in [1.82, 2.24) is 20.5 Å². The summed E-state index contributed by atoms with van der Waals surface area (Å²) in [5.74, 6) is 2.50. The van der Waals surface area contributed by atoms with Crippen molar-refractivity contribution in [2.75, 3.05) is 38.1 Å². The molecule has 0 bridgehead atoms. The molecule has 0 aromatic carbocycles. The molecule has 7 heteroatoms. The molecule has 2 N–H and O–H groups in total. The third-order valence-electron chi connectivity index (χ3n) is 7.22. The molecular formula is C25H40N6O. The van der Waals surface area contributed by atoms with Crippen molar-refractivity contribution in [1.29, 1.82) is 0 Å². The van der Waals surface area contributed by atoms with E-state index in [0.717, 1.165) is 62.8 Å². The zero-order chi connectivity index (χ0) is 22.2. The predicted octanol–water partition coefficient (Wildman–Crippen LogP) is 3.31. The molecule has 1 atom stereocenters. The van der Waals surface area contributed by atoms with E-state index in [-0.39, 0.29) is 12.0 Å². The van der Waals surface area contributed by atoms with Crippen molar-refractivity contribution in [2.24, 2.45) is 10.9 Å². The molecule has 3 aliphatic rings. The van der Waals surface area contributed by atoms with Gasteiger partial charge in [0.15, 0.2) is 5.96 Å². The largest absolute Gasteiger partial charge is 0.357 e. The highest BCUT2D eigenvalue weighted by Gasteiger charge is 2.31. The van der Waals surface area contributed by atoms with E-state index in [1.165, 1.54) is 44.9 Å². The molecule has 32 heavy (non-hydrogen) atoms. The Morgan fingerprint density at radius 3 is 2.47 bits per heavy atom. The van der Waals surface area contributed by atoms with E-state index < -0.39 is 0 Å². The van der Waals surface area contributed by atoms with Gasteiger partial charge in [0, 0.05) is 57.9 Å². The van der Waals surface area contributed by atoms with E-state index in [4.69, 9.17) is 4.98 Å². The highest BCUT2D eigenvalue weighted by molar-refractivity contribution is 5.81. The maximum absolute atomic E-state index is 12.8. The minimum Gasteiger partial charge on any atom is -0.357 e. The lowest BCUT2D eigenvalue weighted by molar-refractivity contribution is -0.135. The Morgan fingerprint density at radius 2 is 1.78 bits per heavy atom. The van der Waals surface area contributed by atoms with Gasteiger partial charge in [-0.25, -0.2) is 4.98 Å². The summed E-state index contributed by atoms with van der Waals surface area (Å²) in [5, 5.41) is 6.92. The second kappa shape index (κ2) is 11.5. The molecule has 3 fully saturated rings. The van der Waals surface area contributed by atoms with Crippen molar-refractivity contribution in [3.63, 3.8) is 0 Å². The molecule has 1 aliphatic carbocycles. The average Bonchev–Trinajstić information content (AvgIpc) is 3.14. The van der Waals surface area contributed by atoms with Crippen LogP contribution < -0.4 is 15.5 Å². The summed E-state index contributed by atoms with van der Waals surface area (Å²) in [4.78, 5) is 26.4. The Hall–Kier alpha value is -2.31. The zero-order valence-electron chi connectivity index (χ0n) is 19.7. The van der Waals surface area contributed by atoms with Crippen molar-refractivity contribution in [3.05, 3.63) is 23.9 Å². The van der Waals surface area contributed by atoms with E-state index in [2.05, 4.69) is 37.6 Å². The number of carbonyl (C=O) groups excluding carboxylic acids is 1. The molecule has 1 unspecified atom stereocenters. The molecule has 3 heterocycles. The topological polar surface area (TPSA) is 72.9 Å². The summed E-state index contributed by atoms with van der Waals surface area (Å²) < 4.78 is 0. The lowest BCUT2D eigenvalue weighted by atomic mass is 9.88. The summed E-state index contributed by atoms with van der Waals surface area (Å²) in [6.45, 7) is 4.55. The minimum atomic E-state index is 0.254. The van der Waals surface area contributed by atoms with Gasteiger partial charge in [-0.15, -0.1) is 0 Å². The number of nitrogens with zero attached hydrogens (tertiary/aromatic N) is 4. The average molecular weight is 441 g/mol. The van der Waals surface area contributed by atoms with Crippen LogP contribution in [0.3, 0.4) is 0 Å². The molecule has 7 nitrogen and oxygen atoms in total. The van der Waals surface area contributed by atoms with Gasteiger partial charge in [0.05, 0.1) is 0 Å². The predicted molar refractivity (Wildman–Crippen MR) is 130 cm³/mol. The minimum absolute atomic E-state index is 0.254. The van der Waals surface area contributed by atoms with E-state index >= 15 is 0 Å². The third kappa shape index (κ3) is 6.14. The van der Waals surface area contributed by atoms with Crippen molar-refractivity contribution < 1.29 is 4.79 Å². The van der Waals surface area contributed by atoms with E-state index in [1.54, 1.807) is 7.05 Å². The van der Waals surface area contributed by atoms with Crippen LogP contribution in [0.5, 0.6) is 0 Å². The van der Waals surface area contributed by atoms with Crippen LogP contribution in [0.15, 0.2) is 23.3 Å². The second-order valence-corrected chi connectivity index (χ2v) is 9.60. The van der Waals surface area contributed by atoms with Crippen molar-refractivity contribution in [3.8, 4) is 0 Å². The standard InChI is InChI=1S/C25H40N6O/c1-26-25(29-22-13-16-31(19-22)24(32)21-9-5-4-6-10-21)28-18-20-11-12-23(27-17-20)30-14-7-2-3-8-15-30/h11-12,17,21-22H,2-10,13-16,18-19H2,1H3,(H2,26,28,29). The monoisotopic (exact) mass is 440 g/mol. The van der Waals surface area contributed by atoms with Crippen molar-refractivity contribution in [2.45, 2.75) is 76.8 Å². The zero-order valence-corrected chi connectivity index (χ0v) is 19.7. The van der Waals surface area contributed by atoms with Gasteiger partial charge in [0.25, 0.3) is 0 Å². The Balaban J connectivity index is 1.22. The number of nitrogens with one attached hydrogen (secondary N) is 2. The van der Waals surface area contributed by atoms with Gasteiger partial charge in [0.2, 0.25) is 5.91 Å². The summed E-state index contributed by atoms with van der Waals surface area (Å²) in [7, 11) is 1.80. The second-order valence-electron chi connectivity index (χ2n) is 9.60. The molecule has 1 amide bonds. The SMILES string of the molecule is CN=C(NCc1ccc(N2CCCCCC2)nc1)NC1CCN(C(=O)C2CCCCC2)C1. The molecule has 0 radical (unpaired) electrons. The molecule has 1 aromatic heterocycles. The van der Waals surface area contributed by atoms with E-state index in [1.807, 2.05) is 6.20 Å².